The van der Waals surface area contributed by atoms with Crippen molar-refractivity contribution in [3.05, 3.63) is 58.6 Å². The number of ether oxygens (including phenoxy) is 2. The molecule has 2 aromatic heterocycles. The van der Waals surface area contributed by atoms with E-state index in [1.807, 2.05) is 24.3 Å². The number of fused-ring (bicyclic) bond motifs is 2. The molecule has 8 heteroatoms. The van der Waals surface area contributed by atoms with Gasteiger partial charge < -0.3 is 18.5 Å². The zero-order valence-electron chi connectivity index (χ0n) is 17.7. The molecule has 0 aliphatic heterocycles. The Hall–Kier alpha value is -3.39. The number of rotatable bonds is 5. The second-order valence-corrected chi connectivity index (χ2v) is 8.34. The van der Waals surface area contributed by atoms with E-state index >= 15 is 0 Å². The van der Waals surface area contributed by atoms with Crippen LogP contribution < -0.4 is 9.54 Å². The van der Waals surface area contributed by atoms with Crippen molar-refractivity contribution in [2.45, 2.75) is 26.3 Å². The molecule has 0 spiro atoms. The number of thiazole rings is 1. The Morgan fingerprint density at radius 1 is 1.16 bits per heavy atom. The zero-order chi connectivity index (χ0) is 22.1. The fourth-order valence-corrected chi connectivity index (χ4v) is 4.40. The molecule has 0 atom stereocenters. The lowest BCUT2D eigenvalue weighted by Crippen LogP contribution is -2.22. The summed E-state index contributed by atoms with van der Waals surface area (Å²) in [5.41, 5.74) is 2.47. The molecule has 2 heterocycles. The first-order chi connectivity index (χ1) is 14.9. The number of benzene rings is 2. The zero-order valence-corrected chi connectivity index (χ0v) is 18.5. The number of carbonyl (C=O) groups is 2. The molecule has 0 saturated carbocycles. The molecule has 31 heavy (non-hydrogen) atoms. The highest BCUT2D eigenvalue weighted by molar-refractivity contribution is 7.16. The standard InChI is InChI=1S/C23H22N2O5S/c1-13(2)14-8-9-16-19(11-14)31-23(25(16)12-20(26)29-4)24-22(27)18-10-15-6-5-7-17(28-3)21(15)30-18/h5-11,13H,12H2,1-4H3. The normalized spacial score (nSPS) is 12.1. The number of amides is 1. The van der Waals surface area contributed by atoms with Gasteiger partial charge in [0.15, 0.2) is 21.9 Å². The summed E-state index contributed by atoms with van der Waals surface area (Å²) in [5.74, 6) is 0.0421. The molecular weight excluding hydrogens is 416 g/mol. The van der Waals surface area contributed by atoms with Crippen LogP contribution in [0.4, 0.5) is 0 Å². The Labute approximate surface area is 182 Å². The molecule has 0 aliphatic rings. The number of esters is 1. The fraction of sp³-hybridized carbons (Fsp3) is 0.261. The van der Waals surface area contributed by atoms with Crippen molar-refractivity contribution >= 4 is 44.4 Å². The van der Waals surface area contributed by atoms with Gasteiger partial charge >= 0.3 is 11.9 Å². The summed E-state index contributed by atoms with van der Waals surface area (Å²) in [6, 6.07) is 13.1. The predicted octanol–water partition coefficient (Wildman–Crippen LogP) is 4.50. The van der Waals surface area contributed by atoms with Crippen LogP contribution in [0.2, 0.25) is 0 Å². The van der Waals surface area contributed by atoms with Gasteiger partial charge in [-0.1, -0.05) is 43.4 Å². The molecule has 0 fully saturated rings. The van der Waals surface area contributed by atoms with Gasteiger partial charge in [-0.25, -0.2) is 0 Å². The maximum Gasteiger partial charge on any atom is 0.325 e. The minimum Gasteiger partial charge on any atom is -0.493 e. The Kier molecular flexibility index (Phi) is 5.65. The van der Waals surface area contributed by atoms with E-state index in [-0.39, 0.29) is 12.3 Å². The van der Waals surface area contributed by atoms with E-state index in [2.05, 4.69) is 24.9 Å². The number of methoxy groups -OCH3 is 2. The predicted molar refractivity (Wildman–Crippen MR) is 119 cm³/mol. The van der Waals surface area contributed by atoms with E-state index in [9.17, 15) is 9.59 Å². The molecule has 7 nitrogen and oxygen atoms in total. The first-order valence-electron chi connectivity index (χ1n) is 9.77. The van der Waals surface area contributed by atoms with Gasteiger partial charge in [0.05, 0.1) is 24.4 Å². The third-order valence-corrected chi connectivity index (χ3v) is 6.07. The van der Waals surface area contributed by atoms with Crippen LogP contribution in [0.5, 0.6) is 5.75 Å². The number of nitrogens with zero attached hydrogens (tertiary/aromatic N) is 2. The highest BCUT2D eigenvalue weighted by Crippen LogP contribution is 2.29. The summed E-state index contributed by atoms with van der Waals surface area (Å²) < 4.78 is 18.5. The third-order valence-electron chi connectivity index (χ3n) is 5.02. The van der Waals surface area contributed by atoms with Gasteiger partial charge in [0, 0.05) is 5.39 Å². The first-order valence-corrected chi connectivity index (χ1v) is 10.6. The lowest BCUT2D eigenvalue weighted by Gasteiger charge is -2.06. The highest BCUT2D eigenvalue weighted by Gasteiger charge is 2.17. The minimum atomic E-state index is -0.535. The minimum absolute atomic E-state index is 0.0441. The largest absolute Gasteiger partial charge is 0.493 e. The molecule has 0 aliphatic carbocycles. The SMILES string of the molecule is COC(=O)Cn1c(=NC(=O)c2cc3cccc(OC)c3o2)sc2cc(C(C)C)ccc21. The number of para-hydroxylation sites is 1. The van der Waals surface area contributed by atoms with Gasteiger partial charge in [-0.2, -0.15) is 4.99 Å². The lowest BCUT2D eigenvalue weighted by atomic mass is 10.0. The van der Waals surface area contributed by atoms with E-state index in [1.165, 1.54) is 24.0 Å². The van der Waals surface area contributed by atoms with E-state index in [0.29, 0.717) is 22.1 Å². The van der Waals surface area contributed by atoms with Crippen molar-refractivity contribution < 1.29 is 23.5 Å². The topological polar surface area (TPSA) is 83.0 Å². The second kappa shape index (κ2) is 8.39. The maximum atomic E-state index is 12.9. The van der Waals surface area contributed by atoms with Crippen LogP contribution in [-0.2, 0) is 16.1 Å². The number of hydrogen-bond donors (Lipinski definition) is 0. The van der Waals surface area contributed by atoms with Crippen molar-refractivity contribution in [3.63, 3.8) is 0 Å². The van der Waals surface area contributed by atoms with E-state index in [0.717, 1.165) is 15.6 Å². The number of aromatic nitrogens is 1. The van der Waals surface area contributed by atoms with Crippen LogP contribution in [0.25, 0.3) is 21.2 Å². The fourth-order valence-electron chi connectivity index (χ4n) is 3.33. The molecule has 2 aromatic carbocycles. The summed E-state index contributed by atoms with van der Waals surface area (Å²) in [7, 11) is 2.87. The Morgan fingerprint density at radius 2 is 1.97 bits per heavy atom. The molecule has 0 unspecified atom stereocenters. The lowest BCUT2D eigenvalue weighted by molar-refractivity contribution is -0.141. The van der Waals surface area contributed by atoms with Gasteiger partial charge in [-0.15, -0.1) is 0 Å². The molecule has 0 saturated heterocycles. The molecular formula is C23H22N2O5S. The summed E-state index contributed by atoms with van der Waals surface area (Å²) in [6.45, 7) is 4.18. The summed E-state index contributed by atoms with van der Waals surface area (Å²) >= 11 is 1.35. The van der Waals surface area contributed by atoms with Crippen LogP contribution in [0.15, 0.2) is 51.9 Å². The van der Waals surface area contributed by atoms with Gasteiger partial charge in [0.1, 0.15) is 6.54 Å². The van der Waals surface area contributed by atoms with Crippen LogP contribution in [0.3, 0.4) is 0 Å². The molecule has 0 radical (unpaired) electrons. The van der Waals surface area contributed by atoms with Crippen molar-refractivity contribution in [2.24, 2.45) is 4.99 Å². The Balaban J connectivity index is 1.84. The third kappa shape index (κ3) is 3.98. The summed E-state index contributed by atoms with van der Waals surface area (Å²) in [5, 5.41) is 0.748. The summed E-state index contributed by atoms with van der Waals surface area (Å²) in [4.78, 5) is 29.6. The van der Waals surface area contributed by atoms with Crippen molar-refractivity contribution in [3.8, 4) is 5.75 Å². The number of furan rings is 1. The average molecular weight is 439 g/mol. The van der Waals surface area contributed by atoms with Gasteiger partial charge in [-0.05, 0) is 35.7 Å². The van der Waals surface area contributed by atoms with Crippen molar-refractivity contribution in [1.29, 1.82) is 0 Å². The molecule has 0 bridgehead atoms. The van der Waals surface area contributed by atoms with Crippen molar-refractivity contribution in [2.75, 3.05) is 14.2 Å². The number of hydrogen-bond acceptors (Lipinski definition) is 6. The average Bonchev–Trinajstić information content (AvgIpc) is 3.34. The van der Waals surface area contributed by atoms with Gasteiger partial charge in [0.25, 0.3) is 0 Å². The highest BCUT2D eigenvalue weighted by atomic mass is 32.1. The molecule has 0 N–H and O–H groups in total. The summed E-state index contributed by atoms with van der Waals surface area (Å²) in [6.07, 6.45) is 0. The van der Waals surface area contributed by atoms with Gasteiger partial charge in [0.2, 0.25) is 0 Å². The van der Waals surface area contributed by atoms with Crippen LogP contribution in [0.1, 0.15) is 35.9 Å². The maximum absolute atomic E-state index is 12.9. The van der Waals surface area contributed by atoms with Crippen LogP contribution in [-0.4, -0.2) is 30.7 Å². The Bertz CT molecular complexity index is 1360. The quantitative estimate of drug-likeness (QED) is 0.429. The Morgan fingerprint density at radius 3 is 2.68 bits per heavy atom. The second-order valence-electron chi connectivity index (χ2n) is 7.34. The molecule has 4 rings (SSSR count). The van der Waals surface area contributed by atoms with Crippen LogP contribution >= 0.6 is 11.3 Å². The first kappa shape index (κ1) is 20.9. The number of carbonyl (C=O) groups excluding carboxylic acids is 2. The van der Waals surface area contributed by atoms with E-state index in [1.54, 1.807) is 23.8 Å². The van der Waals surface area contributed by atoms with E-state index < -0.39 is 11.9 Å². The van der Waals surface area contributed by atoms with E-state index in [4.69, 9.17) is 13.9 Å². The van der Waals surface area contributed by atoms with Gasteiger partial charge in [-0.3, -0.25) is 9.59 Å². The molecule has 4 aromatic rings. The smallest absolute Gasteiger partial charge is 0.325 e. The molecule has 160 valence electrons. The van der Waals surface area contributed by atoms with Crippen molar-refractivity contribution in [1.82, 2.24) is 4.57 Å². The van der Waals surface area contributed by atoms with Crippen LogP contribution in [0, 0.1) is 0 Å². The molecule has 1 amide bonds. The monoisotopic (exact) mass is 438 g/mol.